The smallest absolute Gasteiger partial charge is 0.181 e. The molecule has 140 valence electrons. The number of aromatic nitrogens is 1. The molecule has 1 aromatic heterocycles. The molecular weight excluding hydrogens is 403 g/mol. The molecule has 7 heteroatoms. The highest BCUT2D eigenvalue weighted by molar-refractivity contribution is 7.92. The van der Waals surface area contributed by atoms with Crippen molar-refractivity contribution in [3.63, 3.8) is 0 Å². The van der Waals surface area contributed by atoms with Gasteiger partial charge in [-0.25, -0.2) is 13.4 Å². The largest absolute Gasteiger partial charge is 0.357 e. The van der Waals surface area contributed by atoms with E-state index in [0.29, 0.717) is 31.0 Å². The van der Waals surface area contributed by atoms with E-state index in [0.717, 1.165) is 16.7 Å². The maximum absolute atomic E-state index is 12.9. The lowest BCUT2D eigenvalue weighted by molar-refractivity contribution is 0.528. The molecule has 0 N–H and O–H groups in total. The fourth-order valence-electron chi connectivity index (χ4n) is 3.47. The molecule has 2 aromatic carbocycles. The Hall–Kier alpha value is -1.82. The van der Waals surface area contributed by atoms with Crippen LogP contribution in [-0.2, 0) is 9.84 Å². The molecule has 0 unspecified atom stereocenters. The summed E-state index contributed by atoms with van der Waals surface area (Å²) in [6.07, 6.45) is 1.11. The summed E-state index contributed by atoms with van der Waals surface area (Å²) in [5, 5.41) is 1.29. The van der Waals surface area contributed by atoms with Crippen molar-refractivity contribution in [2.75, 3.05) is 18.0 Å². The molecule has 0 aliphatic carbocycles. The minimum atomic E-state index is -3.43. The van der Waals surface area contributed by atoms with Crippen molar-refractivity contribution in [2.24, 2.45) is 0 Å². The van der Waals surface area contributed by atoms with E-state index in [-0.39, 0.29) is 9.92 Å². The number of sulfone groups is 1. The van der Waals surface area contributed by atoms with Gasteiger partial charge in [0.25, 0.3) is 0 Å². The Morgan fingerprint density at radius 1 is 0.926 bits per heavy atom. The third-order valence-corrected chi connectivity index (χ3v) is 8.01. The first-order valence-electron chi connectivity index (χ1n) is 8.75. The number of nitrogens with zero attached hydrogens (tertiary/aromatic N) is 2. The molecule has 0 saturated carbocycles. The van der Waals surface area contributed by atoms with E-state index >= 15 is 0 Å². The Kier molecular flexibility index (Phi) is 5.01. The summed E-state index contributed by atoms with van der Waals surface area (Å²) in [5.74, 6) is 0.888. The van der Waals surface area contributed by atoms with Crippen LogP contribution >= 0.6 is 23.2 Å². The van der Waals surface area contributed by atoms with Crippen molar-refractivity contribution in [2.45, 2.75) is 23.0 Å². The van der Waals surface area contributed by atoms with Crippen LogP contribution in [0.15, 0.2) is 59.5 Å². The van der Waals surface area contributed by atoms with Crippen LogP contribution in [0.25, 0.3) is 10.9 Å². The number of piperidine rings is 1. The number of hydrogen-bond acceptors (Lipinski definition) is 4. The van der Waals surface area contributed by atoms with E-state index < -0.39 is 15.1 Å². The van der Waals surface area contributed by atoms with Gasteiger partial charge >= 0.3 is 0 Å². The van der Waals surface area contributed by atoms with E-state index in [1.54, 1.807) is 0 Å². The number of fused-ring (bicyclic) bond motifs is 1. The standard InChI is InChI=1S/C20H18Cl2N2O2S/c21-17-7-6-16(13-18(17)22)27(25,26)15-9-11-24(12-10-15)20-8-5-14-3-1-2-4-19(14)23-20/h1-8,13,15H,9-12H2. The molecule has 0 radical (unpaired) electrons. The summed E-state index contributed by atoms with van der Waals surface area (Å²) in [6.45, 7) is 1.30. The van der Waals surface area contributed by atoms with E-state index in [2.05, 4.69) is 11.0 Å². The van der Waals surface area contributed by atoms with Crippen LogP contribution in [0, 0.1) is 0 Å². The summed E-state index contributed by atoms with van der Waals surface area (Å²) >= 11 is 11.9. The van der Waals surface area contributed by atoms with Crippen molar-refractivity contribution >= 4 is 49.8 Å². The van der Waals surface area contributed by atoms with Crippen LogP contribution in [0.2, 0.25) is 10.0 Å². The van der Waals surface area contributed by atoms with E-state index in [1.807, 2.05) is 30.3 Å². The number of halogens is 2. The maximum atomic E-state index is 12.9. The molecular formula is C20H18Cl2N2O2S. The lowest BCUT2D eigenvalue weighted by Gasteiger charge is -2.32. The normalized spacial score (nSPS) is 16.0. The third kappa shape index (κ3) is 3.64. The van der Waals surface area contributed by atoms with Gasteiger partial charge in [-0.15, -0.1) is 0 Å². The van der Waals surface area contributed by atoms with Crippen molar-refractivity contribution < 1.29 is 8.42 Å². The minimum Gasteiger partial charge on any atom is -0.357 e. The molecule has 2 heterocycles. The van der Waals surface area contributed by atoms with E-state index in [1.165, 1.54) is 18.2 Å². The third-order valence-electron chi connectivity index (χ3n) is 5.01. The molecule has 0 amide bonds. The predicted octanol–water partition coefficient (Wildman–Crippen LogP) is 4.98. The Labute approximate surface area is 168 Å². The van der Waals surface area contributed by atoms with Gasteiger partial charge in [0.1, 0.15) is 5.82 Å². The van der Waals surface area contributed by atoms with Gasteiger partial charge in [-0.1, -0.05) is 41.4 Å². The highest BCUT2D eigenvalue weighted by Crippen LogP contribution is 2.31. The van der Waals surface area contributed by atoms with Crippen molar-refractivity contribution in [3.8, 4) is 0 Å². The van der Waals surface area contributed by atoms with Crippen LogP contribution < -0.4 is 4.90 Å². The summed E-state index contributed by atoms with van der Waals surface area (Å²) < 4.78 is 25.9. The SMILES string of the molecule is O=S(=O)(c1ccc(Cl)c(Cl)c1)C1CCN(c2ccc3ccccc3n2)CC1. The molecule has 1 aliphatic rings. The predicted molar refractivity (Wildman–Crippen MR) is 111 cm³/mol. The van der Waals surface area contributed by atoms with E-state index in [4.69, 9.17) is 28.2 Å². The fourth-order valence-corrected chi connectivity index (χ4v) is 5.59. The first-order chi connectivity index (χ1) is 12.9. The second kappa shape index (κ2) is 7.30. The summed E-state index contributed by atoms with van der Waals surface area (Å²) in [7, 11) is -3.43. The second-order valence-corrected chi connectivity index (χ2v) is 9.71. The van der Waals surface area contributed by atoms with Crippen LogP contribution in [0.3, 0.4) is 0 Å². The quantitative estimate of drug-likeness (QED) is 0.598. The highest BCUT2D eigenvalue weighted by Gasteiger charge is 2.32. The zero-order chi connectivity index (χ0) is 19.0. The highest BCUT2D eigenvalue weighted by atomic mass is 35.5. The summed E-state index contributed by atoms with van der Waals surface area (Å²) in [5.41, 5.74) is 0.945. The monoisotopic (exact) mass is 420 g/mol. The molecule has 4 rings (SSSR count). The Morgan fingerprint density at radius 2 is 1.67 bits per heavy atom. The number of benzene rings is 2. The molecule has 0 atom stereocenters. The van der Waals surface area contributed by atoms with Gasteiger partial charge in [-0.05, 0) is 49.2 Å². The van der Waals surface area contributed by atoms with Crippen molar-refractivity contribution in [1.82, 2.24) is 4.98 Å². The van der Waals surface area contributed by atoms with Gasteiger partial charge < -0.3 is 4.90 Å². The van der Waals surface area contributed by atoms with Crippen LogP contribution in [0.5, 0.6) is 0 Å². The van der Waals surface area contributed by atoms with E-state index in [9.17, 15) is 8.42 Å². The van der Waals surface area contributed by atoms with Gasteiger partial charge in [0, 0.05) is 18.5 Å². The Morgan fingerprint density at radius 3 is 2.41 bits per heavy atom. The minimum absolute atomic E-state index is 0.235. The van der Waals surface area contributed by atoms with Crippen LogP contribution in [0.4, 0.5) is 5.82 Å². The molecule has 1 fully saturated rings. The topological polar surface area (TPSA) is 50.3 Å². The van der Waals surface area contributed by atoms with Crippen molar-refractivity contribution in [3.05, 3.63) is 64.6 Å². The number of rotatable bonds is 3. The second-order valence-electron chi connectivity index (χ2n) is 6.67. The molecule has 0 bridgehead atoms. The zero-order valence-corrected chi connectivity index (χ0v) is 16.8. The Bertz CT molecular complexity index is 1090. The van der Waals surface area contributed by atoms with Gasteiger partial charge in [0.2, 0.25) is 0 Å². The van der Waals surface area contributed by atoms with Gasteiger partial charge in [0.15, 0.2) is 9.84 Å². The number of para-hydroxylation sites is 1. The lowest BCUT2D eigenvalue weighted by Crippen LogP contribution is -2.39. The first-order valence-corrected chi connectivity index (χ1v) is 11.0. The number of pyridine rings is 1. The van der Waals surface area contributed by atoms with Gasteiger partial charge in [0.05, 0.1) is 25.7 Å². The number of anilines is 1. The van der Waals surface area contributed by atoms with Crippen molar-refractivity contribution in [1.29, 1.82) is 0 Å². The summed E-state index contributed by atoms with van der Waals surface area (Å²) in [4.78, 5) is 7.09. The Balaban J connectivity index is 1.51. The zero-order valence-electron chi connectivity index (χ0n) is 14.5. The number of hydrogen-bond donors (Lipinski definition) is 0. The van der Waals surface area contributed by atoms with Crippen LogP contribution in [0.1, 0.15) is 12.8 Å². The fraction of sp³-hybridized carbons (Fsp3) is 0.250. The molecule has 1 aliphatic heterocycles. The lowest BCUT2D eigenvalue weighted by atomic mass is 10.1. The molecule has 1 saturated heterocycles. The first kappa shape index (κ1) is 18.5. The summed E-state index contributed by atoms with van der Waals surface area (Å²) in [6, 6.07) is 16.5. The van der Waals surface area contributed by atoms with Gasteiger partial charge in [-0.2, -0.15) is 0 Å². The molecule has 3 aromatic rings. The van der Waals surface area contributed by atoms with Gasteiger partial charge in [-0.3, -0.25) is 0 Å². The molecule has 0 spiro atoms. The molecule has 4 nitrogen and oxygen atoms in total. The maximum Gasteiger partial charge on any atom is 0.181 e. The van der Waals surface area contributed by atoms with Crippen LogP contribution in [-0.4, -0.2) is 31.7 Å². The average Bonchev–Trinajstić information content (AvgIpc) is 2.69. The average molecular weight is 421 g/mol. The molecule has 27 heavy (non-hydrogen) atoms.